The largest absolute Gasteiger partial charge is 0.410 e. The highest BCUT2D eigenvalue weighted by Gasteiger charge is 2.48. The van der Waals surface area contributed by atoms with E-state index in [1.807, 2.05) is 45.2 Å². The number of halogens is 3. The number of piperidine rings is 1. The molecule has 2 aromatic rings. The van der Waals surface area contributed by atoms with Crippen LogP contribution in [0.15, 0.2) is 30.6 Å². The Morgan fingerprint density at radius 1 is 1.20 bits per heavy atom. The van der Waals surface area contributed by atoms with Crippen molar-refractivity contribution in [3.05, 3.63) is 41.9 Å². The van der Waals surface area contributed by atoms with E-state index in [0.29, 0.717) is 5.82 Å². The second-order valence-corrected chi connectivity index (χ2v) is 9.60. The zero-order valence-corrected chi connectivity index (χ0v) is 17.8. The fourth-order valence-electron chi connectivity index (χ4n) is 4.57. The van der Waals surface area contributed by atoms with Gasteiger partial charge >= 0.3 is 6.18 Å². The molecule has 0 aromatic carbocycles. The predicted molar refractivity (Wildman–Crippen MR) is 110 cm³/mol. The fraction of sp³-hybridized carbons (Fsp3) is 0.636. The average molecular weight is 422 g/mol. The van der Waals surface area contributed by atoms with Crippen LogP contribution in [0.2, 0.25) is 0 Å². The van der Waals surface area contributed by atoms with E-state index >= 15 is 0 Å². The molecule has 2 aliphatic rings. The second kappa shape index (κ2) is 7.87. The third kappa shape index (κ3) is 4.33. The number of pyridine rings is 1. The van der Waals surface area contributed by atoms with E-state index in [1.165, 1.54) is 4.68 Å². The van der Waals surface area contributed by atoms with Crippen molar-refractivity contribution < 1.29 is 13.2 Å². The quantitative estimate of drug-likeness (QED) is 0.727. The van der Waals surface area contributed by atoms with Crippen LogP contribution in [0.25, 0.3) is 0 Å². The number of alkyl halides is 3. The van der Waals surface area contributed by atoms with E-state index < -0.39 is 12.2 Å². The van der Waals surface area contributed by atoms with Crippen LogP contribution in [0.1, 0.15) is 69.8 Å². The van der Waals surface area contributed by atoms with Gasteiger partial charge in [0, 0.05) is 31.0 Å². The van der Waals surface area contributed by atoms with Crippen molar-refractivity contribution in [2.24, 2.45) is 5.41 Å². The normalized spacial score (nSPS) is 25.6. The van der Waals surface area contributed by atoms with Gasteiger partial charge in [-0.1, -0.05) is 33.3 Å². The van der Waals surface area contributed by atoms with Crippen molar-refractivity contribution in [3.8, 4) is 0 Å². The van der Waals surface area contributed by atoms with E-state index in [2.05, 4.69) is 20.3 Å². The van der Waals surface area contributed by atoms with E-state index in [-0.39, 0.29) is 23.9 Å². The van der Waals surface area contributed by atoms with Gasteiger partial charge in [-0.15, -0.1) is 0 Å². The molecule has 0 radical (unpaired) electrons. The molecule has 0 unspecified atom stereocenters. The molecule has 1 saturated heterocycles. The Hall–Kier alpha value is -2.09. The molecule has 0 amide bonds. The average Bonchev–Trinajstić information content (AvgIpc) is 3.11. The van der Waals surface area contributed by atoms with Gasteiger partial charge < -0.3 is 5.32 Å². The summed E-state index contributed by atoms with van der Waals surface area (Å²) in [7, 11) is 0. The van der Waals surface area contributed by atoms with Crippen LogP contribution in [0.3, 0.4) is 0 Å². The van der Waals surface area contributed by atoms with Gasteiger partial charge in [-0.05, 0) is 42.9 Å². The summed E-state index contributed by atoms with van der Waals surface area (Å²) in [6.45, 7) is 7.55. The lowest BCUT2D eigenvalue weighted by Crippen LogP contribution is -2.44. The van der Waals surface area contributed by atoms with Crippen LogP contribution >= 0.6 is 0 Å². The molecule has 30 heavy (non-hydrogen) atoms. The van der Waals surface area contributed by atoms with Crippen molar-refractivity contribution in [2.75, 3.05) is 11.9 Å². The number of anilines is 1. The van der Waals surface area contributed by atoms with Crippen molar-refractivity contribution in [3.63, 3.8) is 0 Å². The van der Waals surface area contributed by atoms with E-state index in [4.69, 9.17) is 0 Å². The molecule has 1 fully saturated rings. The minimum Gasteiger partial charge on any atom is -0.367 e. The topological polar surface area (TPSA) is 46.0 Å². The molecule has 4 rings (SSSR count). The first-order valence-electron chi connectivity index (χ1n) is 10.7. The Balaban J connectivity index is 1.64. The summed E-state index contributed by atoms with van der Waals surface area (Å²) >= 11 is 0. The summed E-state index contributed by atoms with van der Waals surface area (Å²) < 4.78 is 42.8. The minimum absolute atomic E-state index is 0.00874. The number of fused-ring (bicyclic) bond motifs is 1. The smallest absolute Gasteiger partial charge is 0.367 e. The molecule has 1 N–H and O–H groups in total. The molecule has 164 valence electrons. The number of aromatic nitrogens is 3. The number of rotatable bonds is 3. The van der Waals surface area contributed by atoms with E-state index in [9.17, 15) is 13.2 Å². The fourth-order valence-corrected chi connectivity index (χ4v) is 4.57. The summed E-state index contributed by atoms with van der Waals surface area (Å²) in [5.41, 5.74) is 1.55. The Labute approximate surface area is 175 Å². The first-order valence-corrected chi connectivity index (χ1v) is 10.7. The maximum absolute atomic E-state index is 13.9. The molecular weight excluding hydrogens is 391 g/mol. The van der Waals surface area contributed by atoms with Gasteiger partial charge in [-0.2, -0.15) is 18.3 Å². The maximum atomic E-state index is 13.9. The van der Waals surface area contributed by atoms with Gasteiger partial charge in [0.15, 0.2) is 6.04 Å². The second-order valence-electron chi connectivity index (χ2n) is 9.60. The van der Waals surface area contributed by atoms with Gasteiger partial charge in [0.2, 0.25) is 0 Å². The Kier molecular flexibility index (Phi) is 5.55. The molecule has 8 heteroatoms. The molecule has 0 spiro atoms. The van der Waals surface area contributed by atoms with Crippen LogP contribution in [0.5, 0.6) is 0 Å². The Morgan fingerprint density at radius 3 is 2.67 bits per heavy atom. The lowest BCUT2D eigenvalue weighted by atomic mass is 9.82. The Morgan fingerprint density at radius 2 is 2.00 bits per heavy atom. The van der Waals surface area contributed by atoms with Crippen LogP contribution in [-0.4, -0.2) is 38.4 Å². The molecule has 2 aliphatic heterocycles. The molecule has 0 aliphatic carbocycles. The monoisotopic (exact) mass is 421 g/mol. The first-order chi connectivity index (χ1) is 14.1. The van der Waals surface area contributed by atoms with Crippen molar-refractivity contribution in [2.45, 2.75) is 77.3 Å². The van der Waals surface area contributed by atoms with Crippen molar-refractivity contribution in [1.29, 1.82) is 0 Å². The van der Waals surface area contributed by atoms with Crippen LogP contribution in [-0.2, 0) is 6.54 Å². The summed E-state index contributed by atoms with van der Waals surface area (Å²) in [5, 5.41) is 7.84. The lowest BCUT2D eigenvalue weighted by molar-refractivity contribution is -0.175. The molecule has 3 atom stereocenters. The highest BCUT2D eigenvalue weighted by molar-refractivity contribution is 5.42. The number of hydrogen-bond acceptors (Lipinski definition) is 4. The van der Waals surface area contributed by atoms with Gasteiger partial charge in [0.05, 0.1) is 11.7 Å². The van der Waals surface area contributed by atoms with Gasteiger partial charge in [-0.25, -0.2) is 4.68 Å². The standard InChI is InChI=1S/C22H30F3N5/c1-21(2,3)18-12-19(22(23,24)25)30-20(27-18)11-16(28-30)17-8-4-5-10-29(17)14-15-7-6-9-26-13-15/h6-7,9,11,13,17-19,27H,4-5,8,10,12,14H2,1-3H3/t17-,18+,19-/m1/s1. The Bertz CT molecular complexity index is 856. The molecule has 0 saturated carbocycles. The predicted octanol–water partition coefficient (Wildman–Crippen LogP) is 5.34. The summed E-state index contributed by atoms with van der Waals surface area (Å²) in [6.07, 6.45) is 2.29. The molecule has 2 aromatic heterocycles. The van der Waals surface area contributed by atoms with E-state index in [0.717, 1.165) is 43.6 Å². The van der Waals surface area contributed by atoms with Gasteiger partial charge in [0.1, 0.15) is 5.82 Å². The summed E-state index contributed by atoms with van der Waals surface area (Å²) in [4.78, 5) is 6.51. The summed E-state index contributed by atoms with van der Waals surface area (Å²) in [6, 6.07) is 3.94. The van der Waals surface area contributed by atoms with Crippen molar-refractivity contribution in [1.82, 2.24) is 19.7 Å². The van der Waals surface area contributed by atoms with Crippen LogP contribution in [0, 0.1) is 5.41 Å². The molecule has 4 heterocycles. The highest BCUT2D eigenvalue weighted by Crippen LogP contribution is 2.44. The lowest BCUT2D eigenvalue weighted by Gasteiger charge is -2.39. The van der Waals surface area contributed by atoms with Crippen LogP contribution < -0.4 is 5.32 Å². The SMILES string of the molecule is CC(C)(C)[C@@H]1C[C@H](C(F)(F)F)n2nc([C@H]3CCCCN3Cc3cccnc3)cc2N1. The molecular formula is C22H30F3N5. The number of likely N-dealkylation sites (tertiary alicyclic amines) is 1. The molecule has 5 nitrogen and oxygen atoms in total. The third-order valence-electron chi connectivity index (χ3n) is 6.32. The van der Waals surface area contributed by atoms with Crippen molar-refractivity contribution >= 4 is 5.82 Å². The third-order valence-corrected chi connectivity index (χ3v) is 6.32. The first kappa shape index (κ1) is 21.2. The highest BCUT2D eigenvalue weighted by atomic mass is 19.4. The number of hydrogen-bond donors (Lipinski definition) is 1. The number of nitrogens with one attached hydrogen (secondary N) is 1. The molecule has 0 bridgehead atoms. The number of nitrogens with zero attached hydrogens (tertiary/aromatic N) is 4. The van der Waals surface area contributed by atoms with E-state index in [1.54, 1.807) is 6.20 Å². The maximum Gasteiger partial charge on any atom is 0.410 e. The van der Waals surface area contributed by atoms with Gasteiger partial charge in [-0.3, -0.25) is 9.88 Å². The minimum atomic E-state index is -4.33. The zero-order valence-electron chi connectivity index (χ0n) is 17.8. The zero-order chi connectivity index (χ0) is 21.5. The van der Waals surface area contributed by atoms with Gasteiger partial charge in [0.25, 0.3) is 0 Å². The summed E-state index contributed by atoms with van der Waals surface area (Å²) in [5.74, 6) is 0.477. The van der Waals surface area contributed by atoms with Crippen LogP contribution in [0.4, 0.5) is 19.0 Å².